The second-order valence-corrected chi connectivity index (χ2v) is 5.30. The zero-order chi connectivity index (χ0) is 15.4. The molecule has 5 nitrogen and oxygen atoms in total. The van der Waals surface area contributed by atoms with E-state index in [0.29, 0.717) is 0 Å². The number of halogens is 2. The number of ether oxygens (including phenoxy) is 1. The number of nitro benzene ring substituents is 1. The molecule has 2 aromatic rings. The Bertz CT molecular complexity index is 705. The van der Waals surface area contributed by atoms with E-state index in [-0.39, 0.29) is 22.9 Å². The van der Waals surface area contributed by atoms with Crippen molar-refractivity contribution in [2.24, 2.45) is 0 Å². The summed E-state index contributed by atoms with van der Waals surface area (Å²) in [5, 5.41) is 10.6. The minimum atomic E-state index is -0.709. The molecule has 0 aromatic heterocycles. The van der Waals surface area contributed by atoms with Crippen LogP contribution >= 0.6 is 27.5 Å². The van der Waals surface area contributed by atoms with Gasteiger partial charge in [-0.15, -0.1) is 0 Å². The number of hydrogen-bond acceptors (Lipinski definition) is 4. The van der Waals surface area contributed by atoms with Gasteiger partial charge in [-0.05, 0) is 12.1 Å². The minimum Gasteiger partial charge on any atom is -0.457 e. The topological polar surface area (TPSA) is 69.4 Å². The first-order valence-electron chi connectivity index (χ1n) is 5.84. The second-order valence-electron chi connectivity index (χ2n) is 4.06. The lowest BCUT2D eigenvalue weighted by molar-refractivity contribution is -0.384. The third-order valence-corrected chi connectivity index (χ3v) is 3.88. The van der Waals surface area contributed by atoms with E-state index in [4.69, 9.17) is 16.3 Å². The Morgan fingerprint density at radius 3 is 2.62 bits per heavy atom. The van der Waals surface area contributed by atoms with E-state index in [9.17, 15) is 14.9 Å². The highest BCUT2D eigenvalue weighted by atomic mass is 79.9. The molecule has 0 amide bonds. The van der Waals surface area contributed by atoms with Crippen LogP contribution in [0.25, 0.3) is 0 Å². The predicted octanol–water partition coefficient (Wildman–Crippen LogP) is 4.37. The zero-order valence-electron chi connectivity index (χ0n) is 10.6. The summed E-state index contributed by atoms with van der Waals surface area (Å²) in [6, 6.07) is 11.3. The van der Waals surface area contributed by atoms with Gasteiger partial charge < -0.3 is 4.74 Å². The first-order valence-corrected chi connectivity index (χ1v) is 7.01. The van der Waals surface area contributed by atoms with Gasteiger partial charge in [0.1, 0.15) is 11.6 Å². The van der Waals surface area contributed by atoms with Gasteiger partial charge in [0, 0.05) is 16.1 Å². The highest BCUT2D eigenvalue weighted by Gasteiger charge is 2.21. The van der Waals surface area contributed by atoms with Gasteiger partial charge in [-0.2, -0.15) is 0 Å². The lowest BCUT2D eigenvalue weighted by atomic mass is 10.2. The normalized spacial score (nSPS) is 10.2. The smallest absolute Gasteiger partial charge is 0.340 e. The molecule has 7 heteroatoms. The van der Waals surface area contributed by atoms with Gasteiger partial charge in [0.2, 0.25) is 0 Å². The molecule has 2 rings (SSSR count). The van der Waals surface area contributed by atoms with Gasteiger partial charge in [0.25, 0.3) is 5.69 Å². The van der Waals surface area contributed by atoms with Crippen molar-refractivity contribution in [1.29, 1.82) is 0 Å². The molecule has 0 heterocycles. The standard InChI is InChI=1S/C14H9BrClNO4/c15-11-6-2-1-4-9(11)8-21-14(18)10-5-3-7-12(13(10)16)17(19)20/h1-7H,8H2. The van der Waals surface area contributed by atoms with Gasteiger partial charge in [0.05, 0.1) is 10.5 Å². The number of carbonyl (C=O) groups excluding carboxylic acids is 1. The van der Waals surface area contributed by atoms with E-state index < -0.39 is 10.9 Å². The van der Waals surface area contributed by atoms with Crippen molar-refractivity contribution in [2.45, 2.75) is 6.61 Å². The van der Waals surface area contributed by atoms with E-state index in [2.05, 4.69) is 15.9 Å². The predicted molar refractivity (Wildman–Crippen MR) is 81.4 cm³/mol. The average Bonchev–Trinajstić information content (AvgIpc) is 2.46. The van der Waals surface area contributed by atoms with Crippen LogP contribution in [0.2, 0.25) is 5.02 Å². The van der Waals surface area contributed by atoms with Gasteiger partial charge in [-0.3, -0.25) is 10.1 Å². The number of carbonyl (C=O) groups is 1. The number of benzene rings is 2. The van der Waals surface area contributed by atoms with Gasteiger partial charge >= 0.3 is 5.97 Å². The van der Waals surface area contributed by atoms with Crippen LogP contribution in [-0.4, -0.2) is 10.9 Å². The highest BCUT2D eigenvalue weighted by molar-refractivity contribution is 9.10. The molecule has 0 aliphatic heterocycles. The van der Waals surface area contributed by atoms with Crippen molar-refractivity contribution < 1.29 is 14.5 Å². The van der Waals surface area contributed by atoms with Crippen LogP contribution in [-0.2, 0) is 11.3 Å². The fraction of sp³-hybridized carbons (Fsp3) is 0.0714. The summed E-state index contributed by atoms with van der Waals surface area (Å²) in [4.78, 5) is 22.1. The maximum absolute atomic E-state index is 12.0. The van der Waals surface area contributed by atoms with Crippen molar-refractivity contribution >= 4 is 39.2 Å². The molecule has 0 bridgehead atoms. The number of nitro groups is 1. The van der Waals surface area contributed by atoms with Crippen molar-refractivity contribution in [3.8, 4) is 0 Å². The molecule has 0 unspecified atom stereocenters. The zero-order valence-corrected chi connectivity index (χ0v) is 12.9. The first-order chi connectivity index (χ1) is 10.0. The summed E-state index contributed by atoms with van der Waals surface area (Å²) >= 11 is 9.20. The van der Waals surface area contributed by atoms with Crippen LogP contribution in [0.1, 0.15) is 15.9 Å². The van der Waals surface area contributed by atoms with E-state index in [1.54, 1.807) is 6.07 Å². The lowest BCUT2D eigenvalue weighted by Gasteiger charge is -2.07. The Labute approximate surface area is 133 Å². The fourth-order valence-electron chi connectivity index (χ4n) is 1.65. The van der Waals surface area contributed by atoms with E-state index in [1.165, 1.54) is 18.2 Å². The molecule has 0 saturated carbocycles. The Balaban J connectivity index is 2.16. The molecule has 0 fully saturated rings. The maximum Gasteiger partial charge on any atom is 0.340 e. The van der Waals surface area contributed by atoms with E-state index in [0.717, 1.165) is 10.0 Å². The van der Waals surface area contributed by atoms with Crippen LogP contribution in [0.5, 0.6) is 0 Å². The van der Waals surface area contributed by atoms with E-state index >= 15 is 0 Å². The number of hydrogen-bond donors (Lipinski definition) is 0. The molecule has 0 N–H and O–H groups in total. The fourth-order valence-corrected chi connectivity index (χ4v) is 2.33. The Morgan fingerprint density at radius 2 is 1.95 bits per heavy atom. The quantitative estimate of drug-likeness (QED) is 0.455. The number of nitrogens with zero attached hydrogens (tertiary/aromatic N) is 1. The molecule has 0 saturated heterocycles. The molecule has 0 atom stereocenters. The second kappa shape index (κ2) is 6.69. The molecular formula is C14H9BrClNO4. The van der Waals surface area contributed by atoms with Crippen LogP contribution < -0.4 is 0 Å². The van der Waals surface area contributed by atoms with Gasteiger partial charge in [-0.1, -0.05) is 51.8 Å². The highest BCUT2D eigenvalue weighted by Crippen LogP contribution is 2.28. The van der Waals surface area contributed by atoms with Crippen molar-refractivity contribution in [3.05, 3.63) is 73.2 Å². The van der Waals surface area contributed by atoms with Crippen molar-refractivity contribution in [3.63, 3.8) is 0 Å². The van der Waals surface area contributed by atoms with Crippen molar-refractivity contribution in [1.82, 2.24) is 0 Å². The molecule has 0 radical (unpaired) electrons. The summed E-state index contributed by atoms with van der Waals surface area (Å²) in [6.45, 7) is 0.0409. The van der Waals surface area contributed by atoms with Crippen LogP contribution in [0.4, 0.5) is 5.69 Å². The van der Waals surface area contributed by atoms with Gasteiger partial charge in [0.15, 0.2) is 0 Å². The summed E-state index contributed by atoms with van der Waals surface area (Å²) in [7, 11) is 0. The molecule has 108 valence electrons. The molecule has 0 spiro atoms. The first kappa shape index (κ1) is 15.5. The minimum absolute atomic E-state index is 0.0297. The summed E-state index contributed by atoms with van der Waals surface area (Å²) in [5.41, 5.74) is 0.428. The van der Waals surface area contributed by atoms with Gasteiger partial charge in [-0.25, -0.2) is 4.79 Å². The van der Waals surface area contributed by atoms with Crippen molar-refractivity contribution in [2.75, 3.05) is 0 Å². The molecule has 2 aromatic carbocycles. The van der Waals surface area contributed by atoms with E-state index in [1.807, 2.05) is 18.2 Å². The SMILES string of the molecule is O=C(OCc1ccccc1Br)c1cccc([N+](=O)[O-])c1Cl. The third-order valence-electron chi connectivity index (χ3n) is 2.71. The Hall–Kier alpha value is -1.92. The molecular weight excluding hydrogens is 362 g/mol. The third kappa shape index (κ3) is 3.59. The number of rotatable bonds is 4. The Morgan fingerprint density at radius 1 is 1.24 bits per heavy atom. The molecule has 0 aliphatic carbocycles. The van der Waals surface area contributed by atoms with Crippen LogP contribution in [0.3, 0.4) is 0 Å². The molecule has 21 heavy (non-hydrogen) atoms. The summed E-state index contributed by atoms with van der Waals surface area (Å²) < 4.78 is 5.94. The lowest BCUT2D eigenvalue weighted by Crippen LogP contribution is -2.07. The molecule has 0 aliphatic rings. The average molecular weight is 371 g/mol. The van der Waals surface area contributed by atoms with Crippen LogP contribution in [0, 0.1) is 10.1 Å². The number of esters is 1. The van der Waals surface area contributed by atoms with Crippen LogP contribution in [0.15, 0.2) is 46.9 Å². The summed E-state index contributed by atoms with van der Waals surface area (Å²) in [6.07, 6.45) is 0. The maximum atomic E-state index is 12.0. The Kier molecular flexibility index (Phi) is 4.93. The largest absolute Gasteiger partial charge is 0.457 e. The monoisotopic (exact) mass is 369 g/mol. The summed E-state index contributed by atoms with van der Waals surface area (Å²) in [5.74, 6) is -0.709.